The van der Waals surface area contributed by atoms with Gasteiger partial charge in [-0.3, -0.25) is 4.90 Å². The standard InChI is InChI=1S/C14H22BrN3/c1-12-11-13(15)3-4-14(12)16-5-6-18-9-7-17(2)8-10-18/h3-4,11,16H,5-10H2,1-2H3. The van der Waals surface area contributed by atoms with Gasteiger partial charge in [-0.2, -0.15) is 0 Å². The van der Waals surface area contributed by atoms with Gasteiger partial charge in [0.2, 0.25) is 0 Å². The first kappa shape index (κ1) is 13.8. The van der Waals surface area contributed by atoms with E-state index in [1.165, 1.54) is 37.4 Å². The van der Waals surface area contributed by atoms with E-state index in [1.54, 1.807) is 0 Å². The van der Waals surface area contributed by atoms with Crippen molar-refractivity contribution in [3.63, 3.8) is 0 Å². The number of anilines is 1. The fraction of sp³-hybridized carbons (Fsp3) is 0.571. The summed E-state index contributed by atoms with van der Waals surface area (Å²) in [4.78, 5) is 4.92. The first-order chi connectivity index (χ1) is 8.65. The largest absolute Gasteiger partial charge is 0.384 e. The highest BCUT2D eigenvalue weighted by Gasteiger charge is 2.12. The monoisotopic (exact) mass is 311 g/mol. The van der Waals surface area contributed by atoms with Gasteiger partial charge >= 0.3 is 0 Å². The zero-order valence-electron chi connectivity index (χ0n) is 11.2. The molecule has 0 radical (unpaired) electrons. The highest BCUT2D eigenvalue weighted by atomic mass is 79.9. The minimum atomic E-state index is 1.02. The van der Waals surface area contributed by atoms with E-state index in [0.29, 0.717) is 0 Å². The van der Waals surface area contributed by atoms with Gasteiger partial charge in [0.25, 0.3) is 0 Å². The van der Waals surface area contributed by atoms with Crippen molar-refractivity contribution >= 4 is 21.6 Å². The van der Waals surface area contributed by atoms with Crippen LogP contribution in [0.5, 0.6) is 0 Å². The Hall–Kier alpha value is -0.580. The van der Waals surface area contributed by atoms with Crippen molar-refractivity contribution in [2.45, 2.75) is 6.92 Å². The lowest BCUT2D eigenvalue weighted by Crippen LogP contribution is -2.45. The molecule has 18 heavy (non-hydrogen) atoms. The lowest BCUT2D eigenvalue weighted by Gasteiger charge is -2.32. The number of hydrogen-bond donors (Lipinski definition) is 1. The number of piperazine rings is 1. The van der Waals surface area contributed by atoms with E-state index in [0.717, 1.165) is 17.6 Å². The third-order valence-electron chi connectivity index (χ3n) is 3.53. The van der Waals surface area contributed by atoms with E-state index in [2.05, 4.69) is 63.2 Å². The maximum Gasteiger partial charge on any atom is 0.0371 e. The molecular weight excluding hydrogens is 290 g/mol. The molecular formula is C14H22BrN3. The number of rotatable bonds is 4. The van der Waals surface area contributed by atoms with E-state index >= 15 is 0 Å². The van der Waals surface area contributed by atoms with Crippen molar-refractivity contribution in [1.82, 2.24) is 9.80 Å². The normalized spacial score (nSPS) is 17.9. The molecule has 1 aromatic carbocycles. The number of aryl methyl sites for hydroxylation is 1. The SMILES string of the molecule is Cc1cc(Br)ccc1NCCN1CCN(C)CC1. The van der Waals surface area contributed by atoms with Gasteiger partial charge in [-0.05, 0) is 37.7 Å². The first-order valence-corrected chi connectivity index (χ1v) is 7.35. The second-order valence-electron chi connectivity index (χ2n) is 5.03. The molecule has 1 saturated heterocycles. The average molecular weight is 312 g/mol. The lowest BCUT2D eigenvalue weighted by atomic mass is 10.2. The van der Waals surface area contributed by atoms with E-state index in [9.17, 15) is 0 Å². The molecule has 1 aliphatic rings. The van der Waals surface area contributed by atoms with Crippen LogP contribution in [0.4, 0.5) is 5.69 Å². The molecule has 4 heteroatoms. The minimum Gasteiger partial charge on any atom is -0.384 e. The molecule has 0 unspecified atom stereocenters. The van der Waals surface area contributed by atoms with Crippen molar-refractivity contribution < 1.29 is 0 Å². The zero-order valence-corrected chi connectivity index (χ0v) is 12.8. The molecule has 100 valence electrons. The number of benzene rings is 1. The summed E-state index contributed by atoms with van der Waals surface area (Å²) in [6.45, 7) is 9.06. The van der Waals surface area contributed by atoms with Crippen LogP contribution in [0.2, 0.25) is 0 Å². The molecule has 2 rings (SSSR count). The molecule has 0 aliphatic carbocycles. The minimum absolute atomic E-state index is 1.02. The molecule has 1 aromatic rings. The Morgan fingerprint density at radius 3 is 2.61 bits per heavy atom. The summed E-state index contributed by atoms with van der Waals surface area (Å²) < 4.78 is 1.14. The van der Waals surface area contributed by atoms with Gasteiger partial charge in [-0.25, -0.2) is 0 Å². The third kappa shape index (κ3) is 3.97. The van der Waals surface area contributed by atoms with Crippen molar-refractivity contribution in [1.29, 1.82) is 0 Å². The Kier molecular flexibility index (Phi) is 5.03. The Morgan fingerprint density at radius 1 is 1.22 bits per heavy atom. The van der Waals surface area contributed by atoms with Gasteiger partial charge in [-0.1, -0.05) is 15.9 Å². The number of nitrogens with one attached hydrogen (secondary N) is 1. The van der Waals surface area contributed by atoms with Crippen LogP contribution in [0.1, 0.15) is 5.56 Å². The molecule has 3 nitrogen and oxygen atoms in total. The van der Waals surface area contributed by atoms with E-state index in [-0.39, 0.29) is 0 Å². The van der Waals surface area contributed by atoms with Crippen LogP contribution in [-0.2, 0) is 0 Å². The second-order valence-corrected chi connectivity index (χ2v) is 5.95. The summed E-state index contributed by atoms with van der Waals surface area (Å²) in [6.07, 6.45) is 0. The summed E-state index contributed by atoms with van der Waals surface area (Å²) in [5.41, 5.74) is 2.54. The number of nitrogens with zero attached hydrogens (tertiary/aromatic N) is 2. The molecule has 0 aromatic heterocycles. The molecule has 1 heterocycles. The molecule has 0 bridgehead atoms. The quantitative estimate of drug-likeness (QED) is 0.921. The number of hydrogen-bond acceptors (Lipinski definition) is 3. The van der Waals surface area contributed by atoms with Crippen molar-refractivity contribution in [3.8, 4) is 0 Å². The van der Waals surface area contributed by atoms with E-state index in [1.807, 2.05) is 0 Å². The van der Waals surface area contributed by atoms with E-state index in [4.69, 9.17) is 0 Å². The van der Waals surface area contributed by atoms with Gasteiger partial charge in [0, 0.05) is 49.4 Å². The number of halogens is 1. The van der Waals surface area contributed by atoms with Crippen LogP contribution in [0, 0.1) is 6.92 Å². The molecule has 1 fully saturated rings. The maximum atomic E-state index is 3.52. The Morgan fingerprint density at radius 2 is 1.94 bits per heavy atom. The van der Waals surface area contributed by atoms with Gasteiger partial charge < -0.3 is 10.2 Å². The molecule has 1 N–H and O–H groups in total. The van der Waals surface area contributed by atoms with Crippen molar-refractivity contribution in [3.05, 3.63) is 28.2 Å². The zero-order chi connectivity index (χ0) is 13.0. The molecule has 0 amide bonds. The van der Waals surface area contributed by atoms with Crippen LogP contribution in [0.25, 0.3) is 0 Å². The Balaban J connectivity index is 1.75. The number of likely N-dealkylation sites (N-methyl/N-ethyl adjacent to an activating group) is 1. The van der Waals surface area contributed by atoms with Crippen LogP contribution in [0.15, 0.2) is 22.7 Å². The second kappa shape index (κ2) is 6.55. The summed E-state index contributed by atoms with van der Waals surface area (Å²) in [6, 6.07) is 6.38. The van der Waals surface area contributed by atoms with Gasteiger partial charge in [0.1, 0.15) is 0 Å². The molecule has 0 spiro atoms. The summed E-state index contributed by atoms with van der Waals surface area (Å²) >= 11 is 3.49. The van der Waals surface area contributed by atoms with Crippen molar-refractivity contribution in [2.24, 2.45) is 0 Å². The maximum absolute atomic E-state index is 3.52. The highest BCUT2D eigenvalue weighted by Crippen LogP contribution is 2.19. The fourth-order valence-corrected chi connectivity index (χ4v) is 2.72. The van der Waals surface area contributed by atoms with Crippen LogP contribution in [-0.4, -0.2) is 56.1 Å². The summed E-state index contributed by atoms with van der Waals surface area (Å²) in [7, 11) is 2.20. The van der Waals surface area contributed by atoms with Crippen LogP contribution < -0.4 is 5.32 Å². The Bertz CT molecular complexity index is 387. The smallest absolute Gasteiger partial charge is 0.0371 e. The van der Waals surface area contributed by atoms with Gasteiger partial charge in [0.15, 0.2) is 0 Å². The average Bonchev–Trinajstić information content (AvgIpc) is 2.34. The van der Waals surface area contributed by atoms with Crippen molar-refractivity contribution in [2.75, 3.05) is 51.6 Å². The topological polar surface area (TPSA) is 18.5 Å². The predicted octanol–water partition coefficient (Wildman–Crippen LogP) is 2.42. The third-order valence-corrected chi connectivity index (χ3v) is 4.02. The van der Waals surface area contributed by atoms with E-state index < -0.39 is 0 Å². The fourth-order valence-electron chi connectivity index (χ4n) is 2.25. The van der Waals surface area contributed by atoms with Gasteiger partial charge in [-0.15, -0.1) is 0 Å². The Labute approximate surface area is 118 Å². The molecule has 0 saturated carbocycles. The lowest BCUT2D eigenvalue weighted by molar-refractivity contribution is 0.158. The molecule has 1 aliphatic heterocycles. The predicted molar refractivity (Wildman–Crippen MR) is 81.3 cm³/mol. The van der Waals surface area contributed by atoms with Crippen LogP contribution >= 0.6 is 15.9 Å². The summed E-state index contributed by atoms with van der Waals surface area (Å²) in [5, 5.41) is 3.52. The van der Waals surface area contributed by atoms with Crippen LogP contribution in [0.3, 0.4) is 0 Å². The molecule has 0 atom stereocenters. The first-order valence-electron chi connectivity index (χ1n) is 6.56. The van der Waals surface area contributed by atoms with Gasteiger partial charge in [0.05, 0.1) is 0 Å². The summed E-state index contributed by atoms with van der Waals surface area (Å²) in [5.74, 6) is 0. The highest BCUT2D eigenvalue weighted by molar-refractivity contribution is 9.10.